The van der Waals surface area contributed by atoms with Crippen LogP contribution in [-0.4, -0.2) is 28.4 Å². The number of carbonyl (C=O) groups is 1. The summed E-state index contributed by atoms with van der Waals surface area (Å²) in [6.45, 7) is 1.42. The van der Waals surface area contributed by atoms with E-state index in [1.165, 1.54) is 45.4 Å². The Hall–Kier alpha value is -2.54. The highest BCUT2D eigenvalue weighted by molar-refractivity contribution is 7.92. The first-order chi connectivity index (χ1) is 10.9. The molecular weight excluding hydrogens is 318 g/mol. The highest BCUT2D eigenvalue weighted by Crippen LogP contribution is 2.35. The largest absolute Gasteiger partial charge is 0.493 e. The minimum absolute atomic E-state index is 0.0485. The van der Waals surface area contributed by atoms with E-state index in [9.17, 15) is 13.2 Å². The minimum atomic E-state index is -3.81. The van der Waals surface area contributed by atoms with E-state index >= 15 is 0 Å². The second-order valence-corrected chi connectivity index (χ2v) is 6.41. The highest BCUT2D eigenvalue weighted by atomic mass is 32.2. The predicted octanol–water partition coefficient (Wildman–Crippen LogP) is 2.71. The fourth-order valence-corrected chi connectivity index (χ4v) is 3.10. The first-order valence-electron chi connectivity index (χ1n) is 6.74. The molecule has 0 aliphatic heterocycles. The van der Waals surface area contributed by atoms with Crippen LogP contribution in [0.5, 0.6) is 11.5 Å². The van der Waals surface area contributed by atoms with E-state index in [-0.39, 0.29) is 16.4 Å². The molecule has 2 rings (SSSR count). The molecule has 0 saturated heterocycles. The fraction of sp³-hybridized carbons (Fsp3) is 0.188. The Morgan fingerprint density at radius 2 is 1.65 bits per heavy atom. The maximum atomic E-state index is 12.5. The van der Waals surface area contributed by atoms with Crippen molar-refractivity contribution < 1.29 is 22.7 Å². The number of ketones is 1. The Kier molecular flexibility index (Phi) is 4.90. The van der Waals surface area contributed by atoms with Gasteiger partial charge in [-0.1, -0.05) is 18.2 Å². The molecule has 0 atom stereocenters. The molecule has 0 fully saturated rings. The number of hydrogen-bond acceptors (Lipinski definition) is 5. The maximum Gasteiger partial charge on any atom is 0.262 e. The van der Waals surface area contributed by atoms with Crippen LogP contribution < -0.4 is 14.2 Å². The van der Waals surface area contributed by atoms with Gasteiger partial charge >= 0.3 is 0 Å². The van der Waals surface area contributed by atoms with Crippen molar-refractivity contribution in [3.63, 3.8) is 0 Å². The molecule has 23 heavy (non-hydrogen) atoms. The van der Waals surface area contributed by atoms with Gasteiger partial charge in [-0.3, -0.25) is 9.52 Å². The van der Waals surface area contributed by atoms with Crippen LogP contribution in [-0.2, 0) is 10.0 Å². The van der Waals surface area contributed by atoms with E-state index in [2.05, 4.69) is 4.72 Å². The topological polar surface area (TPSA) is 81.7 Å². The molecule has 7 heteroatoms. The number of ether oxygens (including phenoxy) is 2. The lowest BCUT2D eigenvalue weighted by atomic mass is 10.2. The summed E-state index contributed by atoms with van der Waals surface area (Å²) < 4.78 is 37.7. The quantitative estimate of drug-likeness (QED) is 0.821. The molecule has 0 saturated carbocycles. The van der Waals surface area contributed by atoms with Crippen molar-refractivity contribution in [2.24, 2.45) is 0 Å². The number of hydrogen-bond donors (Lipinski definition) is 1. The SMILES string of the molecule is COc1cccc(NS(=O)(=O)c2ccc(C(C)=O)cc2)c1OC. The van der Waals surface area contributed by atoms with Crippen LogP contribution in [0.3, 0.4) is 0 Å². The van der Waals surface area contributed by atoms with Crippen molar-refractivity contribution in [2.75, 3.05) is 18.9 Å². The lowest BCUT2D eigenvalue weighted by Gasteiger charge is -2.14. The lowest BCUT2D eigenvalue weighted by molar-refractivity contribution is 0.101. The molecule has 0 radical (unpaired) electrons. The van der Waals surface area contributed by atoms with Crippen molar-refractivity contribution in [2.45, 2.75) is 11.8 Å². The van der Waals surface area contributed by atoms with Gasteiger partial charge < -0.3 is 9.47 Å². The average molecular weight is 335 g/mol. The zero-order valence-corrected chi connectivity index (χ0v) is 13.8. The van der Waals surface area contributed by atoms with Crippen LogP contribution >= 0.6 is 0 Å². The fourth-order valence-electron chi connectivity index (χ4n) is 2.04. The Morgan fingerprint density at radius 3 is 2.17 bits per heavy atom. The second-order valence-electron chi connectivity index (χ2n) is 4.73. The number of nitrogens with one attached hydrogen (secondary N) is 1. The van der Waals surface area contributed by atoms with E-state index in [0.29, 0.717) is 17.1 Å². The molecule has 0 unspecified atom stereocenters. The summed E-state index contributed by atoms with van der Waals surface area (Å²) in [5.41, 5.74) is 0.713. The second kappa shape index (κ2) is 6.70. The molecule has 2 aromatic rings. The van der Waals surface area contributed by atoms with Gasteiger partial charge in [0.15, 0.2) is 17.3 Å². The Morgan fingerprint density at radius 1 is 1.00 bits per heavy atom. The number of para-hydroxylation sites is 1. The standard InChI is InChI=1S/C16H17NO5S/c1-11(18)12-7-9-13(10-8-12)23(19,20)17-14-5-4-6-15(21-2)16(14)22-3/h4-10,17H,1-3H3. The Balaban J connectivity index is 2.37. The summed E-state index contributed by atoms with van der Waals surface area (Å²) >= 11 is 0. The van der Waals surface area contributed by atoms with Crippen LogP contribution in [0.2, 0.25) is 0 Å². The number of Topliss-reactive ketones (excluding diaryl/α,β-unsaturated/α-hetero) is 1. The molecule has 0 aliphatic carbocycles. The Labute approximate surface area is 135 Å². The molecular formula is C16H17NO5S. The third kappa shape index (κ3) is 3.62. The molecule has 6 nitrogen and oxygen atoms in total. The third-order valence-electron chi connectivity index (χ3n) is 3.22. The van der Waals surface area contributed by atoms with Crippen molar-refractivity contribution in [1.29, 1.82) is 0 Å². The molecule has 1 N–H and O–H groups in total. The van der Waals surface area contributed by atoms with Crippen molar-refractivity contribution in [3.05, 3.63) is 48.0 Å². The molecule has 122 valence electrons. The molecule has 0 amide bonds. The van der Waals surface area contributed by atoms with E-state index < -0.39 is 10.0 Å². The molecule has 0 spiro atoms. The highest BCUT2D eigenvalue weighted by Gasteiger charge is 2.18. The molecule has 2 aromatic carbocycles. The van der Waals surface area contributed by atoms with Crippen LogP contribution in [0.15, 0.2) is 47.4 Å². The number of methoxy groups -OCH3 is 2. The average Bonchev–Trinajstić information content (AvgIpc) is 2.54. The van der Waals surface area contributed by atoms with Crippen LogP contribution in [0.25, 0.3) is 0 Å². The van der Waals surface area contributed by atoms with E-state index in [4.69, 9.17) is 9.47 Å². The normalized spacial score (nSPS) is 10.9. The van der Waals surface area contributed by atoms with Crippen molar-refractivity contribution in [1.82, 2.24) is 0 Å². The number of anilines is 1. The van der Waals surface area contributed by atoms with E-state index in [1.807, 2.05) is 0 Å². The van der Waals surface area contributed by atoms with Gasteiger partial charge in [-0.05, 0) is 31.2 Å². The van der Waals surface area contributed by atoms with Gasteiger partial charge in [-0.15, -0.1) is 0 Å². The lowest BCUT2D eigenvalue weighted by Crippen LogP contribution is -2.14. The molecule has 0 aromatic heterocycles. The smallest absolute Gasteiger partial charge is 0.262 e. The Bertz CT molecular complexity index is 813. The first-order valence-corrected chi connectivity index (χ1v) is 8.22. The van der Waals surface area contributed by atoms with Gasteiger partial charge in [0.05, 0.1) is 24.8 Å². The molecule has 0 heterocycles. The van der Waals surface area contributed by atoms with Gasteiger partial charge in [0.25, 0.3) is 10.0 Å². The van der Waals surface area contributed by atoms with Crippen LogP contribution in [0, 0.1) is 0 Å². The van der Waals surface area contributed by atoms with Gasteiger partial charge in [0.1, 0.15) is 0 Å². The first kappa shape index (κ1) is 16.8. The van der Waals surface area contributed by atoms with E-state index in [0.717, 1.165) is 0 Å². The number of rotatable bonds is 6. The minimum Gasteiger partial charge on any atom is -0.493 e. The van der Waals surface area contributed by atoms with Crippen molar-refractivity contribution in [3.8, 4) is 11.5 Å². The summed E-state index contributed by atoms with van der Waals surface area (Å²) in [7, 11) is -0.913. The van der Waals surface area contributed by atoms with Gasteiger partial charge in [-0.25, -0.2) is 8.42 Å². The van der Waals surface area contributed by atoms with Gasteiger partial charge in [-0.2, -0.15) is 0 Å². The number of carbonyl (C=O) groups excluding carboxylic acids is 1. The third-order valence-corrected chi connectivity index (χ3v) is 4.60. The zero-order chi connectivity index (χ0) is 17.0. The zero-order valence-electron chi connectivity index (χ0n) is 13.0. The summed E-state index contributed by atoms with van der Waals surface area (Å²) in [4.78, 5) is 11.3. The van der Waals surface area contributed by atoms with E-state index in [1.54, 1.807) is 18.2 Å². The van der Waals surface area contributed by atoms with Gasteiger partial charge in [0, 0.05) is 5.56 Å². The van der Waals surface area contributed by atoms with Crippen LogP contribution in [0.1, 0.15) is 17.3 Å². The summed E-state index contributed by atoms with van der Waals surface area (Å²) in [5, 5.41) is 0. The van der Waals surface area contributed by atoms with Crippen molar-refractivity contribution >= 4 is 21.5 Å². The number of sulfonamides is 1. The molecule has 0 aliphatic rings. The summed E-state index contributed by atoms with van der Waals surface area (Å²) in [6, 6.07) is 10.6. The summed E-state index contributed by atoms with van der Waals surface area (Å²) in [6.07, 6.45) is 0. The summed E-state index contributed by atoms with van der Waals surface area (Å²) in [5.74, 6) is 0.579. The maximum absolute atomic E-state index is 12.5. The predicted molar refractivity (Wildman–Crippen MR) is 86.8 cm³/mol. The monoisotopic (exact) mass is 335 g/mol. The van der Waals surface area contributed by atoms with Gasteiger partial charge in [0.2, 0.25) is 0 Å². The number of benzene rings is 2. The molecule has 0 bridgehead atoms. The van der Waals surface area contributed by atoms with Crippen LogP contribution in [0.4, 0.5) is 5.69 Å².